The average Bonchev–Trinajstić information content (AvgIpc) is 2.05. The molecular formula is C9H13Cl2NO. The second-order valence-electron chi connectivity index (χ2n) is 2.62. The third-order valence-corrected chi connectivity index (χ3v) is 1.86. The highest BCUT2D eigenvalue weighted by atomic mass is 35.5. The summed E-state index contributed by atoms with van der Waals surface area (Å²) in [6.45, 7) is 0.514. The summed E-state index contributed by atoms with van der Waals surface area (Å²) in [5.74, 6) is 0. The van der Waals surface area contributed by atoms with Crippen molar-refractivity contribution in [1.82, 2.24) is 0 Å². The minimum Gasteiger partial charge on any atom is -0.383 e. The molecular weight excluding hydrogens is 209 g/mol. The van der Waals surface area contributed by atoms with Gasteiger partial charge in [-0.3, -0.25) is 0 Å². The van der Waals surface area contributed by atoms with Gasteiger partial charge in [0.25, 0.3) is 0 Å². The number of nitrogens with two attached hydrogens (primary N) is 1. The van der Waals surface area contributed by atoms with E-state index in [1.54, 1.807) is 7.11 Å². The van der Waals surface area contributed by atoms with Crippen LogP contribution in [0.3, 0.4) is 0 Å². The van der Waals surface area contributed by atoms with Crippen LogP contribution in [0.15, 0.2) is 24.3 Å². The summed E-state index contributed by atoms with van der Waals surface area (Å²) in [6.07, 6.45) is 0. The van der Waals surface area contributed by atoms with Crippen LogP contribution in [0.25, 0.3) is 0 Å². The summed E-state index contributed by atoms with van der Waals surface area (Å²) in [5, 5.41) is 0.707. The van der Waals surface area contributed by atoms with E-state index in [0.29, 0.717) is 11.6 Å². The SMILES string of the molecule is COC[C@H](N)c1cccc(Cl)c1.Cl. The summed E-state index contributed by atoms with van der Waals surface area (Å²) < 4.78 is 4.93. The molecule has 1 aromatic rings. The molecule has 2 N–H and O–H groups in total. The summed E-state index contributed by atoms with van der Waals surface area (Å²) in [7, 11) is 1.63. The molecule has 13 heavy (non-hydrogen) atoms. The summed E-state index contributed by atoms with van der Waals surface area (Å²) in [4.78, 5) is 0. The molecule has 1 atom stereocenters. The first-order valence-corrected chi connectivity index (χ1v) is 4.12. The Morgan fingerprint density at radius 1 is 1.54 bits per heavy atom. The maximum Gasteiger partial charge on any atom is 0.0655 e. The highest BCUT2D eigenvalue weighted by molar-refractivity contribution is 6.30. The van der Waals surface area contributed by atoms with Crippen molar-refractivity contribution in [2.45, 2.75) is 6.04 Å². The molecule has 0 unspecified atom stereocenters. The molecule has 0 amide bonds. The van der Waals surface area contributed by atoms with Gasteiger partial charge in [0.1, 0.15) is 0 Å². The molecule has 0 fully saturated rings. The van der Waals surface area contributed by atoms with Gasteiger partial charge < -0.3 is 10.5 Å². The predicted octanol–water partition coefficient (Wildman–Crippen LogP) is 2.41. The Bertz CT molecular complexity index is 255. The molecule has 0 aliphatic rings. The normalized spacial score (nSPS) is 11.9. The summed E-state index contributed by atoms with van der Waals surface area (Å²) >= 11 is 5.79. The highest BCUT2D eigenvalue weighted by Crippen LogP contribution is 2.15. The van der Waals surface area contributed by atoms with Crippen molar-refractivity contribution in [2.75, 3.05) is 13.7 Å². The van der Waals surface area contributed by atoms with E-state index >= 15 is 0 Å². The van der Waals surface area contributed by atoms with Crippen LogP contribution in [-0.4, -0.2) is 13.7 Å². The van der Waals surface area contributed by atoms with E-state index in [2.05, 4.69) is 0 Å². The second kappa shape index (κ2) is 6.22. The van der Waals surface area contributed by atoms with Gasteiger partial charge in [-0.25, -0.2) is 0 Å². The van der Waals surface area contributed by atoms with Crippen LogP contribution < -0.4 is 5.73 Å². The van der Waals surface area contributed by atoms with Crippen molar-refractivity contribution in [2.24, 2.45) is 5.73 Å². The standard InChI is InChI=1S/C9H12ClNO.ClH/c1-12-6-9(11)7-3-2-4-8(10)5-7;/h2-5,9H,6,11H2,1H3;1H/t9-;/m0./s1. The molecule has 0 saturated heterocycles. The molecule has 0 saturated carbocycles. The Morgan fingerprint density at radius 2 is 2.23 bits per heavy atom. The van der Waals surface area contributed by atoms with Crippen molar-refractivity contribution >= 4 is 24.0 Å². The zero-order chi connectivity index (χ0) is 8.97. The molecule has 0 aliphatic heterocycles. The van der Waals surface area contributed by atoms with Crippen LogP contribution in [0.1, 0.15) is 11.6 Å². The second-order valence-corrected chi connectivity index (χ2v) is 3.05. The number of ether oxygens (including phenoxy) is 1. The Balaban J connectivity index is 0.00000144. The van der Waals surface area contributed by atoms with Gasteiger partial charge in [-0.05, 0) is 17.7 Å². The van der Waals surface area contributed by atoms with E-state index in [-0.39, 0.29) is 18.4 Å². The van der Waals surface area contributed by atoms with Crippen LogP contribution in [0.2, 0.25) is 5.02 Å². The highest BCUT2D eigenvalue weighted by Gasteiger charge is 2.04. The Labute approximate surface area is 89.4 Å². The third kappa shape index (κ3) is 3.96. The minimum atomic E-state index is -0.0892. The molecule has 0 bridgehead atoms. The van der Waals surface area contributed by atoms with Crippen LogP contribution >= 0.6 is 24.0 Å². The molecule has 1 rings (SSSR count). The van der Waals surface area contributed by atoms with Gasteiger partial charge in [-0.15, -0.1) is 12.4 Å². The fraction of sp³-hybridized carbons (Fsp3) is 0.333. The Morgan fingerprint density at radius 3 is 2.77 bits per heavy atom. The molecule has 0 spiro atoms. The lowest BCUT2D eigenvalue weighted by Gasteiger charge is -2.10. The molecule has 2 nitrogen and oxygen atoms in total. The topological polar surface area (TPSA) is 35.2 Å². The quantitative estimate of drug-likeness (QED) is 0.852. The smallest absolute Gasteiger partial charge is 0.0655 e. The number of methoxy groups -OCH3 is 1. The Kier molecular flexibility index (Phi) is 6.08. The maximum absolute atomic E-state index is 5.79. The van der Waals surface area contributed by atoms with E-state index in [1.165, 1.54) is 0 Å². The molecule has 1 aromatic carbocycles. The summed E-state index contributed by atoms with van der Waals surface area (Å²) in [5.41, 5.74) is 6.79. The largest absolute Gasteiger partial charge is 0.383 e. The zero-order valence-corrected chi connectivity index (χ0v) is 8.94. The molecule has 0 aliphatic carbocycles. The van der Waals surface area contributed by atoms with Crippen LogP contribution in [0.5, 0.6) is 0 Å². The van der Waals surface area contributed by atoms with Crippen LogP contribution in [0.4, 0.5) is 0 Å². The average molecular weight is 222 g/mol. The first kappa shape index (κ1) is 12.7. The van der Waals surface area contributed by atoms with E-state index in [1.807, 2.05) is 24.3 Å². The zero-order valence-electron chi connectivity index (χ0n) is 7.37. The van der Waals surface area contributed by atoms with Gasteiger partial charge in [-0.2, -0.15) is 0 Å². The van der Waals surface area contributed by atoms with Crippen molar-refractivity contribution in [3.05, 3.63) is 34.9 Å². The van der Waals surface area contributed by atoms with Crippen molar-refractivity contribution in [1.29, 1.82) is 0 Å². The lowest BCUT2D eigenvalue weighted by molar-refractivity contribution is 0.181. The van der Waals surface area contributed by atoms with E-state index in [9.17, 15) is 0 Å². The van der Waals surface area contributed by atoms with Gasteiger partial charge in [0.2, 0.25) is 0 Å². The van der Waals surface area contributed by atoms with Crippen molar-refractivity contribution < 1.29 is 4.74 Å². The van der Waals surface area contributed by atoms with Gasteiger partial charge in [0.15, 0.2) is 0 Å². The molecule has 74 valence electrons. The summed E-state index contributed by atoms with van der Waals surface area (Å²) in [6, 6.07) is 7.41. The van der Waals surface area contributed by atoms with Crippen LogP contribution in [0, 0.1) is 0 Å². The number of benzene rings is 1. The third-order valence-electron chi connectivity index (χ3n) is 1.62. The van der Waals surface area contributed by atoms with Gasteiger partial charge in [0, 0.05) is 12.1 Å². The van der Waals surface area contributed by atoms with Gasteiger partial charge in [-0.1, -0.05) is 23.7 Å². The van der Waals surface area contributed by atoms with E-state index in [0.717, 1.165) is 5.56 Å². The Hall–Kier alpha value is -0.280. The number of halogens is 2. The molecule has 4 heteroatoms. The lowest BCUT2D eigenvalue weighted by atomic mass is 10.1. The maximum atomic E-state index is 5.79. The van der Waals surface area contributed by atoms with E-state index < -0.39 is 0 Å². The number of rotatable bonds is 3. The fourth-order valence-corrected chi connectivity index (χ4v) is 1.21. The molecule has 0 radical (unpaired) electrons. The minimum absolute atomic E-state index is 0. The van der Waals surface area contributed by atoms with E-state index in [4.69, 9.17) is 22.1 Å². The molecule has 0 aromatic heterocycles. The van der Waals surface area contributed by atoms with Crippen molar-refractivity contribution in [3.8, 4) is 0 Å². The monoisotopic (exact) mass is 221 g/mol. The van der Waals surface area contributed by atoms with Gasteiger partial charge in [0.05, 0.1) is 12.6 Å². The molecule has 0 heterocycles. The number of hydrogen-bond donors (Lipinski definition) is 1. The van der Waals surface area contributed by atoms with Crippen molar-refractivity contribution in [3.63, 3.8) is 0 Å². The van der Waals surface area contributed by atoms with Crippen LogP contribution in [-0.2, 0) is 4.74 Å². The predicted molar refractivity (Wildman–Crippen MR) is 57.5 cm³/mol. The lowest BCUT2D eigenvalue weighted by Crippen LogP contribution is -2.15. The number of hydrogen-bond acceptors (Lipinski definition) is 2. The first-order chi connectivity index (χ1) is 5.74. The first-order valence-electron chi connectivity index (χ1n) is 3.74. The van der Waals surface area contributed by atoms with Gasteiger partial charge >= 0.3 is 0 Å². The fourth-order valence-electron chi connectivity index (χ4n) is 1.01.